The first-order valence-corrected chi connectivity index (χ1v) is 14.2. The third-order valence-electron chi connectivity index (χ3n) is 6.51. The van der Waals surface area contributed by atoms with Gasteiger partial charge in [-0.15, -0.1) is 0 Å². The minimum absolute atomic E-state index is 0.259. The molecule has 1 aliphatic heterocycles. The smallest absolute Gasteiger partial charge is 0.418 e. The summed E-state index contributed by atoms with van der Waals surface area (Å²) in [6.07, 6.45) is 9.96. The van der Waals surface area contributed by atoms with Crippen LogP contribution in [0.5, 0.6) is 5.75 Å². The monoisotopic (exact) mass is 550 g/mol. The van der Waals surface area contributed by atoms with E-state index < -0.39 is 41.3 Å². The Labute approximate surface area is 231 Å². The highest BCUT2D eigenvalue weighted by Gasteiger charge is 2.50. The van der Waals surface area contributed by atoms with Crippen molar-refractivity contribution in [2.45, 2.75) is 111 Å². The summed E-state index contributed by atoms with van der Waals surface area (Å²) in [6.45, 7) is 8.93. The lowest BCUT2D eigenvalue weighted by Gasteiger charge is -2.28. The Morgan fingerprint density at radius 1 is 1.03 bits per heavy atom. The van der Waals surface area contributed by atoms with Crippen LogP contribution in [-0.4, -0.2) is 47.3 Å². The molecule has 2 unspecified atom stereocenters. The largest absolute Gasteiger partial charge is 0.491 e. The van der Waals surface area contributed by atoms with Crippen LogP contribution in [0, 0.1) is 5.41 Å². The van der Waals surface area contributed by atoms with Crippen molar-refractivity contribution in [2.24, 2.45) is 5.41 Å². The van der Waals surface area contributed by atoms with Crippen molar-refractivity contribution >= 4 is 41.0 Å². The summed E-state index contributed by atoms with van der Waals surface area (Å²) in [7, 11) is 0. The van der Waals surface area contributed by atoms with E-state index >= 15 is 0 Å². The highest BCUT2D eigenvalue weighted by Crippen LogP contribution is 2.30. The molecule has 1 heterocycles. The van der Waals surface area contributed by atoms with Gasteiger partial charge in [0.2, 0.25) is 0 Å². The fraction of sp³-hybridized carbons (Fsp3) is 0.655. The number of cyclic esters (lactones) is 1. The number of nitrogens with one attached hydrogen (secondary N) is 1. The predicted molar refractivity (Wildman–Crippen MR) is 148 cm³/mol. The second-order valence-electron chi connectivity index (χ2n) is 10.9. The molecular formula is C29H43ClN2O6. The summed E-state index contributed by atoms with van der Waals surface area (Å²) in [5.74, 6) is -1.78. The maximum atomic E-state index is 13.4. The van der Waals surface area contributed by atoms with E-state index in [0.29, 0.717) is 22.3 Å². The lowest BCUT2D eigenvalue weighted by molar-refractivity contribution is -0.143. The number of halogens is 1. The summed E-state index contributed by atoms with van der Waals surface area (Å²) >= 11 is 6.17. The SMILES string of the molecule is CCCCCCCCCCCCOc1ccc(Cl)cc1NC(=O)C(C(=O)C(C)(C)C)N1C(=O)OC(C)C1=O. The minimum Gasteiger partial charge on any atom is -0.491 e. The van der Waals surface area contributed by atoms with Crippen LogP contribution in [0.2, 0.25) is 5.02 Å². The van der Waals surface area contributed by atoms with Crippen molar-refractivity contribution in [1.82, 2.24) is 4.90 Å². The van der Waals surface area contributed by atoms with E-state index in [0.717, 1.165) is 19.3 Å². The zero-order valence-corrected chi connectivity index (χ0v) is 24.2. The van der Waals surface area contributed by atoms with Crippen LogP contribution in [-0.2, 0) is 19.1 Å². The van der Waals surface area contributed by atoms with E-state index in [4.69, 9.17) is 21.1 Å². The van der Waals surface area contributed by atoms with E-state index in [-0.39, 0.29) is 5.69 Å². The molecule has 1 aromatic rings. The normalized spacial score (nSPS) is 16.4. The molecule has 9 heteroatoms. The van der Waals surface area contributed by atoms with Crippen molar-refractivity contribution in [3.8, 4) is 5.75 Å². The number of imide groups is 1. The first-order valence-electron chi connectivity index (χ1n) is 13.8. The average molecular weight is 551 g/mol. The molecule has 38 heavy (non-hydrogen) atoms. The molecule has 1 N–H and O–H groups in total. The van der Waals surface area contributed by atoms with Crippen LogP contribution in [0.4, 0.5) is 10.5 Å². The van der Waals surface area contributed by atoms with Gasteiger partial charge in [0, 0.05) is 10.4 Å². The number of hydrogen-bond donors (Lipinski definition) is 1. The van der Waals surface area contributed by atoms with Crippen molar-refractivity contribution in [1.29, 1.82) is 0 Å². The van der Waals surface area contributed by atoms with Crippen LogP contribution in [0.15, 0.2) is 18.2 Å². The molecule has 0 aliphatic carbocycles. The predicted octanol–water partition coefficient (Wildman–Crippen LogP) is 6.93. The number of benzene rings is 1. The van der Waals surface area contributed by atoms with E-state index in [2.05, 4.69) is 12.2 Å². The highest BCUT2D eigenvalue weighted by molar-refractivity contribution is 6.31. The van der Waals surface area contributed by atoms with Crippen molar-refractivity contribution < 1.29 is 28.7 Å². The van der Waals surface area contributed by atoms with Crippen LogP contribution in [0.3, 0.4) is 0 Å². The number of ketones is 1. The van der Waals surface area contributed by atoms with Crippen LogP contribution in [0.1, 0.15) is 98.8 Å². The maximum Gasteiger partial charge on any atom is 0.418 e. The topological polar surface area (TPSA) is 102 Å². The Morgan fingerprint density at radius 3 is 2.13 bits per heavy atom. The number of ether oxygens (including phenoxy) is 2. The molecule has 0 saturated carbocycles. The summed E-state index contributed by atoms with van der Waals surface area (Å²) in [5.41, 5.74) is -0.744. The number of carbonyl (C=O) groups is 4. The lowest BCUT2D eigenvalue weighted by atomic mass is 9.85. The molecule has 8 nitrogen and oxygen atoms in total. The van der Waals surface area contributed by atoms with Gasteiger partial charge in [-0.2, -0.15) is 0 Å². The molecule has 0 bridgehead atoms. The molecule has 2 atom stereocenters. The van der Waals surface area contributed by atoms with Gasteiger partial charge in [0.05, 0.1) is 12.3 Å². The first-order chi connectivity index (χ1) is 18.0. The molecule has 1 aromatic carbocycles. The second kappa shape index (κ2) is 15.1. The number of Topliss-reactive ketones (excluding diaryl/α,β-unsaturated/α-hetero) is 1. The second-order valence-corrected chi connectivity index (χ2v) is 11.3. The zero-order valence-electron chi connectivity index (χ0n) is 23.4. The van der Waals surface area contributed by atoms with E-state index in [9.17, 15) is 19.2 Å². The number of rotatable bonds is 16. The van der Waals surface area contributed by atoms with Crippen molar-refractivity contribution in [2.75, 3.05) is 11.9 Å². The highest BCUT2D eigenvalue weighted by atomic mass is 35.5. The maximum absolute atomic E-state index is 13.4. The Morgan fingerprint density at radius 2 is 1.61 bits per heavy atom. The van der Waals surface area contributed by atoms with Gasteiger partial charge in [-0.1, -0.05) is 97.1 Å². The molecular weight excluding hydrogens is 508 g/mol. The Kier molecular flexibility index (Phi) is 12.6. The van der Waals surface area contributed by atoms with Crippen molar-refractivity contribution in [3.63, 3.8) is 0 Å². The number of carbonyl (C=O) groups excluding carboxylic acids is 4. The first kappa shape index (κ1) is 31.6. The van der Waals surface area contributed by atoms with Crippen LogP contribution in [0.25, 0.3) is 0 Å². The van der Waals surface area contributed by atoms with Gasteiger partial charge in [0.25, 0.3) is 11.8 Å². The van der Waals surface area contributed by atoms with E-state index in [1.54, 1.807) is 32.9 Å². The minimum atomic E-state index is -1.69. The fourth-order valence-corrected chi connectivity index (χ4v) is 4.41. The summed E-state index contributed by atoms with van der Waals surface area (Å²) in [6, 6.07) is 3.12. The molecule has 0 spiro atoms. The molecule has 212 valence electrons. The van der Waals surface area contributed by atoms with Crippen LogP contribution >= 0.6 is 11.6 Å². The average Bonchev–Trinajstić information content (AvgIpc) is 3.09. The van der Waals surface area contributed by atoms with Gasteiger partial charge in [-0.05, 0) is 31.5 Å². The molecule has 1 saturated heterocycles. The quantitative estimate of drug-likeness (QED) is 0.177. The van der Waals surface area contributed by atoms with Crippen molar-refractivity contribution in [3.05, 3.63) is 23.2 Å². The molecule has 1 aliphatic rings. The fourth-order valence-electron chi connectivity index (χ4n) is 4.24. The zero-order chi connectivity index (χ0) is 28.3. The number of nitrogens with zero attached hydrogens (tertiary/aromatic N) is 1. The van der Waals surface area contributed by atoms with Gasteiger partial charge in [0.1, 0.15) is 5.75 Å². The summed E-state index contributed by atoms with van der Waals surface area (Å²) in [4.78, 5) is 52.1. The molecule has 0 aromatic heterocycles. The van der Waals surface area contributed by atoms with Gasteiger partial charge in [-0.3, -0.25) is 14.4 Å². The molecule has 1 fully saturated rings. The summed E-state index contributed by atoms with van der Waals surface area (Å²) in [5, 5.41) is 3.01. The standard InChI is InChI=1S/C29H43ClN2O6/c1-6-7-8-9-10-11-12-13-14-15-18-37-23-17-16-21(30)19-22(23)31-26(34)24(25(33)29(3,4)5)32-27(35)20(2)38-28(32)36/h16-17,19-20,24H,6-15,18H2,1-5H3,(H,31,34). The molecule has 3 amide bonds. The van der Waals surface area contributed by atoms with E-state index in [1.807, 2.05) is 0 Å². The van der Waals surface area contributed by atoms with E-state index in [1.165, 1.54) is 57.9 Å². The Balaban J connectivity index is 2.00. The van der Waals surface area contributed by atoms with Gasteiger partial charge < -0.3 is 14.8 Å². The molecule has 2 rings (SSSR count). The number of hydrogen-bond acceptors (Lipinski definition) is 6. The Hall–Kier alpha value is -2.61. The van der Waals surface area contributed by atoms with Gasteiger partial charge in [-0.25, -0.2) is 9.69 Å². The number of anilines is 1. The number of amides is 3. The summed E-state index contributed by atoms with van der Waals surface area (Å²) < 4.78 is 10.9. The molecule has 0 radical (unpaired) electrons. The third-order valence-corrected chi connectivity index (χ3v) is 6.74. The van der Waals surface area contributed by atoms with Crippen LogP contribution < -0.4 is 10.1 Å². The third kappa shape index (κ3) is 9.29. The Bertz CT molecular complexity index is 974. The number of unbranched alkanes of at least 4 members (excludes halogenated alkanes) is 9. The van der Waals surface area contributed by atoms with Gasteiger partial charge >= 0.3 is 6.09 Å². The van der Waals surface area contributed by atoms with Gasteiger partial charge in [0.15, 0.2) is 17.9 Å². The lowest BCUT2D eigenvalue weighted by Crippen LogP contribution is -2.55.